The number of nitrogens with zero attached hydrogens (tertiary/aromatic N) is 1. The molecule has 0 amide bonds. The topological polar surface area (TPSA) is 12.5 Å². The Balaban J connectivity index is 1.77. The Hall–Kier alpha value is -0.830. The SMILES string of the molecule is CC1CCC(N2SOc3ccccc32)CC1. The highest BCUT2D eigenvalue weighted by atomic mass is 32.2. The molecule has 0 unspecified atom stereocenters. The molecule has 0 bridgehead atoms. The lowest BCUT2D eigenvalue weighted by Gasteiger charge is -2.32. The van der Waals surface area contributed by atoms with Crippen LogP contribution >= 0.6 is 12.2 Å². The van der Waals surface area contributed by atoms with Crippen molar-refractivity contribution < 1.29 is 4.18 Å². The molecule has 16 heavy (non-hydrogen) atoms. The maximum Gasteiger partial charge on any atom is 0.180 e. The highest BCUT2D eigenvalue weighted by Gasteiger charge is 2.31. The van der Waals surface area contributed by atoms with Crippen LogP contribution in [0.4, 0.5) is 5.69 Å². The fourth-order valence-corrected chi connectivity index (χ4v) is 3.43. The minimum absolute atomic E-state index is 0.657. The molecule has 3 heteroatoms. The predicted octanol–water partition coefficient (Wildman–Crippen LogP) is 4.03. The van der Waals surface area contributed by atoms with Gasteiger partial charge >= 0.3 is 0 Å². The van der Waals surface area contributed by atoms with E-state index in [1.54, 1.807) is 0 Å². The third-order valence-electron chi connectivity index (χ3n) is 3.63. The van der Waals surface area contributed by atoms with Crippen molar-refractivity contribution in [3.63, 3.8) is 0 Å². The summed E-state index contributed by atoms with van der Waals surface area (Å²) in [6, 6.07) is 8.99. The first-order chi connectivity index (χ1) is 7.84. The van der Waals surface area contributed by atoms with Crippen LogP contribution in [0, 0.1) is 5.92 Å². The van der Waals surface area contributed by atoms with E-state index < -0.39 is 0 Å². The smallest absolute Gasteiger partial charge is 0.180 e. The first kappa shape index (κ1) is 10.3. The Labute approximate surface area is 101 Å². The van der Waals surface area contributed by atoms with Crippen molar-refractivity contribution in [2.45, 2.75) is 38.6 Å². The standard InChI is InChI=1S/C13H17NOS/c1-10-6-8-11(9-7-10)14-12-4-2-3-5-13(12)15-16-14/h2-5,10-11H,6-9H2,1H3. The van der Waals surface area contributed by atoms with E-state index in [4.69, 9.17) is 4.18 Å². The van der Waals surface area contributed by atoms with Gasteiger partial charge in [-0.15, -0.1) is 0 Å². The van der Waals surface area contributed by atoms with Gasteiger partial charge in [-0.2, -0.15) is 0 Å². The number of para-hydroxylation sites is 2. The summed E-state index contributed by atoms with van der Waals surface area (Å²) in [5, 5.41) is 0. The van der Waals surface area contributed by atoms with Gasteiger partial charge in [0.05, 0.1) is 5.69 Å². The van der Waals surface area contributed by atoms with Crippen molar-refractivity contribution in [3.05, 3.63) is 24.3 Å². The van der Waals surface area contributed by atoms with E-state index in [9.17, 15) is 0 Å². The van der Waals surface area contributed by atoms with Crippen molar-refractivity contribution in [2.75, 3.05) is 4.31 Å². The van der Waals surface area contributed by atoms with Gasteiger partial charge in [-0.3, -0.25) is 4.31 Å². The Morgan fingerprint density at radius 1 is 1.19 bits per heavy atom. The van der Waals surface area contributed by atoms with Gasteiger partial charge < -0.3 is 4.18 Å². The number of rotatable bonds is 1. The molecular weight excluding hydrogens is 218 g/mol. The predicted molar refractivity (Wildman–Crippen MR) is 68.6 cm³/mol. The molecule has 0 radical (unpaired) electrons. The van der Waals surface area contributed by atoms with Gasteiger partial charge in [-0.25, -0.2) is 0 Å². The van der Waals surface area contributed by atoms with Gasteiger partial charge in [-0.1, -0.05) is 19.1 Å². The van der Waals surface area contributed by atoms with E-state index in [1.165, 1.54) is 43.6 Å². The van der Waals surface area contributed by atoms with E-state index in [1.807, 2.05) is 12.1 Å². The maximum atomic E-state index is 5.63. The molecule has 86 valence electrons. The van der Waals surface area contributed by atoms with Gasteiger partial charge in [0.1, 0.15) is 0 Å². The molecule has 0 spiro atoms. The minimum atomic E-state index is 0.657. The Morgan fingerprint density at radius 3 is 2.75 bits per heavy atom. The van der Waals surface area contributed by atoms with Crippen LogP contribution < -0.4 is 8.49 Å². The van der Waals surface area contributed by atoms with Gasteiger partial charge in [0.2, 0.25) is 0 Å². The zero-order chi connectivity index (χ0) is 11.0. The Kier molecular flexibility index (Phi) is 2.72. The van der Waals surface area contributed by atoms with E-state index in [0.717, 1.165) is 11.7 Å². The van der Waals surface area contributed by atoms with Crippen LogP contribution in [-0.2, 0) is 0 Å². The van der Waals surface area contributed by atoms with Gasteiger partial charge in [0, 0.05) is 6.04 Å². The van der Waals surface area contributed by atoms with Crippen molar-refractivity contribution in [2.24, 2.45) is 5.92 Å². The monoisotopic (exact) mass is 235 g/mol. The zero-order valence-corrected chi connectivity index (χ0v) is 10.4. The lowest BCUT2D eigenvalue weighted by Crippen LogP contribution is -2.31. The van der Waals surface area contributed by atoms with E-state index >= 15 is 0 Å². The van der Waals surface area contributed by atoms with Gasteiger partial charge in [0.15, 0.2) is 18.0 Å². The lowest BCUT2D eigenvalue weighted by molar-refractivity contribution is 0.352. The van der Waals surface area contributed by atoms with Gasteiger partial charge in [0.25, 0.3) is 0 Å². The maximum absolute atomic E-state index is 5.63. The quantitative estimate of drug-likeness (QED) is 0.538. The zero-order valence-electron chi connectivity index (χ0n) is 9.56. The molecule has 1 saturated carbocycles. The first-order valence-corrected chi connectivity index (χ1v) is 6.77. The molecule has 0 aromatic heterocycles. The van der Waals surface area contributed by atoms with Crippen LogP contribution in [0.25, 0.3) is 0 Å². The van der Waals surface area contributed by atoms with Crippen molar-refractivity contribution in [1.82, 2.24) is 0 Å². The van der Waals surface area contributed by atoms with E-state index in [0.29, 0.717) is 6.04 Å². The van der Waals surface area contributed by atoms with Crippen LogP contribution in [0.3, 0.4) is 0 Å². The van der Waals surface area contributed by atoms with E-state index in [2.05, 4.69) is 23.4 Å². The van der Waals surface area contributed by atoms with E-state index in [-0.39, 0.29) is 0 Å². The molecule has 2 aliphatic rings. The van der Waals surface area contributed by atoms with Crippen LogP contribution in [0.2, 0.25) is 0 Å². The van der Waals surface area contributed by atoms with Crippen LogP contribution in [-0.4, -0.2) is 6.04 Å². The largest absolute Gasteiger partial charge is 0.403 e. The Bertz CT molecular complexity index is 374. The number of benzene rings is 1. The fourth-order valence-electron chi connectivity index (χ4n) is 2.56. The summed E-state index contributed by atoms with van der Waals surface area (Å²) in [4.78, 5) is 0. The summed E-state index contributed by atoms with van der Waals surface area (Å²) in [5.74, 6) is 1.92. The summed E-state index contributed by atoms with van der Waals surface area (Å²) in [7, 11) is 0. The molecular formula is C13H17NOS. The summed E-state index contributed by atoms with van der Waals surface area (Å²) in [6.45, 7) is 2.36. The Morgan fingerprint density at radius 2 is 1.94 bits per heavy atom. The molecule has 3 rings (SSSR count). The van der Waals surface area contributed by atoms with Crippen molar-refractivity contribution in [3.8, 4) is 5.75 Å². The van der Waals surface area contributed by atoms with Crippen LogP contribution in [0.5, 0.6) is 5.75 Å². The summed E-state index contributed by atoms with van der Waals surface area (Å²) < 4.78 is 8.00. The number of hydrogen-bond acceptors (Lipinski definition) is 3. The fraction of sp³-hybridized carbons (Fsp3) is 0.538. The average Bonchev–Trinajstić information content (AvgIpc) is 2.74. The van der Waals surface area contributed by atoms with Crippen molar-refractivity contribution >= 4 is 17.9 Å². The number of anilines is 1. The lowest BCUT2D eigenvalue weighted by atomic mass is 9.87. The highest BCUT2D eigenvalue weighted by Crippen LogP contribution is 2.45. The molecule has 2 nitrogen and oxygen atoms in total. The van der Waals surface area contributed by atoms with Crippen LogP contribution in [0.1, 0.15) is 32.6 Å². The molecule has 1 aromatic rings. The highest BCUT2D eigenvalue weighted by molar-refractivity contribution is 7.96. The van der Waals surface area contributed by atoms with Crippen molar-refractivity contribution in [1.29, 1.82) is 0 Å². The van der Waals surface area contributed by atoms with Crippen LogP contribution in [0.15, 0.2) is 24.3 Å². The normalized spacial score (nSPS) is 28.7. The molecule has 1 aliphatic heterocycles. The average molecular weight is 235 g/mol. The number of hydrogen-bond donors (Lipinski definition) is 0. The second-order valence-electron chi connectivity index (χ2n) is 4.87. The molecule has 1 fully saturated rings. The summed E-state index contributed by atoms with van der Waals surface area (Å²) >= 11 is 1.51. The summed E-state index contributed by atoms with van der Waals surface area (Å²) in [6.07, 6.45) is 5.30. The van der Waals surface area contributed by atoms with Gasteiger partial charge in [-0.05, 0) is 43.7 Å². The molecule has 1 heterocycles. The minimum Gasteiger partial charge on any atom is -0.403 e. The molecule has 1 aliphatic carbocycles. The molecule has 0 atom stereocenters. The third kappa shape index (κ3) is 1.77. The third-order valence-corrected chi connectivity index (χ3v) is 4.54. The molecule has 0 N–H and O–H groups in total. The first-order valence-electron chi connectivity index (χ1n) is 6.07. The molecule has 0 saturated heterocycles. The number of fused-ring (bicyclic) bond motifs is 1. The second kappa shape index (κ2) is 4.21. The molecule has 1 aromatic carbocycles. The summed E-state index contributed by atoms with van der Waals surface area (Å²) in [5.41, 5.74) is 1.26. The second-order valence-corrected chi connectivity index (χ2v) is 5.57.